The molecule has 6 nitrogen and oxygen atoms in total. The Bertz CT molecular complexity index is 339. The molecule has 0 N–H and O–H groups in total. The van der Waals surface area contributed by atoms with Gasteiger partial charge in [-0.05, 0) is 0 Å². The van der Waals surface area contributed by atoms with E-state index >= 15 is 0 Å². The van der Waals surface area contributed by atoms with Crippen molar-refractivity contribution < 1.29 is 19.2 Å². The monoisotopic (exact) mass is 224 g/mol. The topological polar surface area (TPSA) is 74.8 Å². The van der Waals surface area contributed by atoms with Crippen LogP contribution < -0.4 is 0 Å². The molecule has 0 rings (SSSR count). The molecular weight excluding hydrogens is 212 g/mol. The SMILES string of the molecule is CC(=O)N(C#CN(C(C)=O)C(C)=O)C(C)=O. The number of amides is 4. The zero-order valence-electron chi connectivity index (χ0n) is 9.53. The summed E-state index contributed by atoms with van der Waals surface area (Å²) in [4.78, 5) is 45.1. The lowest BCUT2D eigenvalue weighted by molar-refractivity contribution is -0.140. The fourth-order valence-corrected chi connectivity index (χ4v) is 0.858. The molecule has 6 heteroatoms. The van der Waals surface area contributed by atoms with Gasteiger partial charge in [0.05, 0.1) is 0 Å². The van der Waals surface area contributed by atoms with E-state index in [1.54, 1.807) is 0 Å². The van der Waals surface area contributed by atoms with Crippen LogP contribution in [0.25, 0.3) is 0 Å². The largest absolute Gasteiger partial charge is 0.274 e. The minimum atomic E-state index is -0.577. The van der Waals surface area contributed by atoms with Gasteiger partial charge in [-0.2, -0.15) is 0 Å². The van der Waals surface area contributed by atoms with Gasteiger partial charge in [0.2, 0.25) is 23.6 Å². The Kier molecular flexibility index (Phi) is 4.89. The summed E-state index contributed by atoms with van der Waals surface area (Å²) >= 11 is 0. The second-order valence-electron chi connectivity index (χ2n) is 2.97. The van der Waals surface area contributed by atoms with Crippen molar-refractivity contribution in [1.29, 1.82) is 0 Å². The van der Waals surface area contributed by atoms with Gasteiger partial charge >= 0.3 is 0 Å². The van der Waals surface area contributed by atoms with E-state index < -0.39 is 23.6 Å². The molecule has 16 heavy (non-hydrogen) atoms. The van der Waals surface area contributed by atoms with E-state index in [4.69, 9.17) is 0 Å². The Hall–Kier alpha value is -2.16. The van der Waals surface area contributed by atoms with Gasteiger partial charge < -0.3 is 0 Å². The molecule has 0 saturated heterocycles. The minimum absolute atomic E-state index is 0.577. The van der Waals surface area contributed by atoms with Gasteiger partial charge in [-0.1, -0.05) is 0 Å². The molecule has 0 heterocycles. The quantitative estimate of drug-likeness (QED) is 0.418. The fraction of sp³-hybridized carbons (Fsp3) is 0.400. The van der Waals surface area contributed by atoms with E-state index in [0.717, 1.165) is 27.7 Å². The molecule has 0 bridgehead atoms. The van der Waals surface area contributed by atoms with E-state index in [1.807, 2.05) is 0 Å². The lowest BCUT2D eigenvalue weighted by Crippen LogP contribution is -2.32. The maximum Gasteiger partial charge on any atom is 0.237 e. The third kappa shape index (κ3) is 3.92. The van der Waals surface area contributed by atoms with Crippen LogP contribution in [0.3, 0.4) is 0 Å². The van der Waals surface area contributed by atoms with Crippen LogP contribution in [0.2, 0.25) is 0 Å². The molecule has 0 aromatic carbocycles. The van der Waals surface area contributed by atoms with Crippen molar-refractivity contribution in [2.75, 3.05) is 0 Å². The van der Waals surface area contributed by atoms with Crippen LogP contribution in [0.4, 0.5) is 0 Å². The second kappa shape index (κ2) is 5.66. The highest BCUT2D eigenvalue weighted by molar-refractivity contribution is 5.97. The summed E-state index contributed by atoms with van der Waals surface area (Å²) in [7, 11) is 0. The molecule has 0 unspecified atom stereocenters. The number of carbonyl (C=O) groups is 4. The Morgan fingerprint density at radius 1 is 0.625 bits per heavy atom. The average molecular weight is 224 g/mol. The highest BCUT2D eigenvalue weighted by Gasteiger charge is 2.13. The van der Waals surface area contributed by atoms with Gasteiger partial charge in [0.25, 0.3) is 0 Å². The summed E-state index contributed by atoms with van der Waals surface area (Å²) in [6, 6.07) is 4.30. The van der Waals surface area contributed by atoms with Crippen LogP contribution in [0.1, 0.15) is 27.7 Å². The number of imide groups is 2. The second-order valence-corrected chi connectivity index (χ2v) is 2.97. The van der Waals surface area contributed by atoms with Gasteiger partial charge in [0.1, 0.15) is 0 Å². The van der Waals surface area contributed by atoms with E-state index in [9.17, 15) is 19.2 Å². The molecular formula is C10H12N2O4. The van der Waals surface area contributed by atoms with Crippen LogP contribution in [0.15, 0.2) is 0 Å². The summed E-state index contributed by atoms with van der Waals surface area (Å²) in [5.74, 6) is -2.31. The molecule has 0 aliphatic heterocycles. The van der Waals surface area contributed by atoms with Gasteiger partial charge in [-0.15, -0.1) is 0 Å². The van der Waals surface area contributed by atoms with Crippen molar-refractivity contribution >= 4 is 23.6 Å². The summed E-state index contributed by atoms with van der Waals surface area (Å²) in [5.41, 5.74) is 0. The van der Waals surface area contributed by atoms with Crippen molar-refractivity contribution in [3.05, 3.63) is 0 Å². The number of nitrogens with zero attached hydrogens (tertiary/aromatic N) is 2. The maximum absolute atomic E-state index is 11.0. The molecule has 0 radical (unpaired) electrons. The summed E-state index contributed by atoms with van der Waals surface area (Å²) in [6.07, 6.45) is 0. The average Bonchev–Trinajstić information content (AvgIpc) is 2.09. The molecule has 0 atom stereocenters. The van der Waals surface area contributed by atoms with Crippen LogP contribution in [0, 0.1) is 12.1 Å². The Labute approximate surface area is 93.2 Å². The van der Waals surface area contributed by atoms with E-state index in [1.165, 1.54) is 0 Å². The Morgan fingerprint density at radius 3 is 0.938 bits per heavy atom. The van der Waals surface area contributed by atoms with Gasteiger partial charge in [0, 0.05) is 39.8 Å². The first-order valence-corrected chi connectivity index (χ1v) is 4.41. The van der Waals surface area contributed by atoms with Crippen molar-refractivity contribution in [1.82, 2.24) is 9.80 Å². The molecule has 0 fully saturated rings. The molecule has 0 aliphatic rings. The molecule has 4 amide bonds. The van der Waals surface area contributed by atoms with E-state index in [0.29, 0.717) is 9.80 Å². The third-order valence-electron chi connectivity index (χ3n) is 1.53. The normalized spacial score (nSPS) is 8.50. The van der Waals surface area contributed by atoms with Crippen LogP contribution in [-0.2, 0) is 19.2 Å². The molecule has 0 spiro atoms. The molecule has 0 aromatic rings. The predicted molar refractivity (Wildman–Crippen MR) is 54.2 cm³/mol. The van der Waals surface area contributed by atoms with Crippen molar-refractivity contribution in [2.45, 2.75) is 27.7 Å². The third-order valence-corrected chi connectivity index (χ3v) is 1.53. The lowest BCUT2D eigenvalue weighted by atomic mass is 10.5. The number of carbonyl (C=O) groups excluding carboxylic acids is 4. The van der Waals surface area contributed by atoms with Gasteiger partial charge in [-0.3, -0.25) is 19.2 Å². The molecule has 0 aliphatic carbocycles. The Balaban J connectivity index is 5.05. The predicted octanol–water partition coefficient (Wildman–Crippen LogP) is -0.305. The van der Waals surface area contributed by atoms with E-state index in [-0.39, 0.29) is 0 Å². The first-order valence-electron chi connectivity index (χ1n) is 4.41. The van der Waals surface area contributed by atoms with Crippen LogP contribution >= 0.6 is 0 Å². The molecule has 0 aromatic heterocycles. The Morgan fingerprint density at radius 2 is 0.812 bits per heavy atom. The summed E-state index contributed by atoms with van der Waals surface area (Å²) in [6.45, 7) is 4.62. The molecule has 86 valence electrons. The number of hydrogen-bond donors (Lipinski definition) is 0. The highest BCUT2D eigenvalue weighted by atomic mass is 16.2. The first kappa shape index (κ1) is 13.8. The standard InChI is InChI=1S/C10H12N2O4/c1-7(13)11(8(2)14)5-6-12(9(3)15)10(4)16/h1-4H3. The van der Waals surface area contributed by atoms with Gasteiger partial charge in [0.15, 0.2) is 0 Å². The van der Waals surface area contributed by atoms with Crippen LogP contribution in [-0.4, -0.2) is 33.4 Å². The van der Waals surface area contributed by atoms with Crippen molar-refractivity contribution in [3.8, 4) is 12.1 Å². The van der Waals surface area contributed by atoms with Gasteiger partial charge in [-0.25, -0.2) is 9.80 Å². The maximum atomic E-state index is 11.0. The van der Waals surface area contributed by atoms with Crippen molar-refractivity contribution in [3.63, 3.8) is 0 Å². The lowest BCUT2D eigenvalue weighted by Gasteiger charge is -2.10. The zero-order valence-corrected chi connectivity index (χ0v) is 9.53. The van der Waals surface area contributed by atoms with E-state index in [2.05, 4.69) is 12.1 Å². The highest BCUT2D eigenvalue weighted by Crippen LogP contribution is 1.91. The fourth-order valence-electron chi connectivity index (χ4n) is 0.858. The smallest absolute Gasteiger partial charge is 0.237 e. The van der Waals surface area contributed by atoms with Crippen molar-refractivity contribution in [2.24, 2.45) is 0 Å². The minimum Gasteiger partial charge on any atom is -0.274 e. The first-order chi connectivity index (χ1) is 7.27. The number of rotatable bonds is 0. The summed E-state index contributed by atoms with van der Waals surface area (Å²) < 4.78 is 0. The summed E-state index contributed by atoms with van der Waals surface area (Å²) in [5, 5.41) is 0. The number of hydrogen-bond acceptors (Lipinski definition) is 4. The zero-order chi connectivity index (χ0) is 12.9. The molecule has 0 saturated carbocycles. The van der Waals surface area contributed by atoms with Crippen LogP contribution in [0.5, 0.6) is 0 Å².